The van der Waals surface area contributed by atoms with Crippen molar-refractivity contribution in [1.82, 2.24) is 14.9 Å². The number of nitrogens with zero attached hydrogens (tertiary/aromatic N) is 2. The number of carbonyl (C=O) groups excluding carboxylic acids is 1. The Balaban J connectivity index is 1.57. The van der Waals surface area contributed by atoms with Crippen LogP contribution in [0, 0.1) is 6.92 Å². The average Bonchev–Trinajstić information content (AvgIpc) is 3.12. The average molecular weight is 394 g/mol. The molecule has 0 aliphatic heterocycles. The molecule has 2 amide bonds. The number of nitrogens with one attached hydrogen (secondary N) is 2. The topological polar surface area (TPSA) is 77.4 Å². The van der Waals surface area contributed by atoms with Gasteiger partial charge in [0.15, 0.2) is 11.5 Å². The van der Waals surface area contributed by atoms with Crippen molar-refractivity contribution in [2.45, 2.75) is 26.9 Å². The van der Waals surface area contributed by atoms with Crippen LogP contribution in [0.4, 0.5) is 10.5 Å². The summed E-state index contributed by atoms with van der Waals surface area (Å²) >= 11 is 0. The molecule has 2 N–H and O–H groups in total. The molecule has 2 aromatic carbocycles. The van der Waals surface area contributed by atoms with Crippen LogP contribution < -0.4 is 20.1 Å². The van der Waals surface area contributed by atoms with Crippen molar-refractivity contribution in [3.05, 3.63) is 71.8 Å². The van der Waals surface area contributed by atoms with Crippen LogP contribution in [-0.4, -0.2) is 29.3 Å². The van der Waals surface area contributed by atoms with Gasteiger partial charge >= 0.3 is 6.03 Å². The van der Waals surface area contributed by atoms with Crippen LogP contribution >= 0.6 is 0 Å². The van der Waals surface area contributed by atoms with E-state index in [0.29, 0.717) is 30.3 Å². The van der Waals surface area contributed by atoms with E-state index in [-0.39, 0.29) is 6.03 Å². The van der Waals surface area contributed by atoms with E-state index in [4.69, 9.17) is 9.47 Å². The van der Waals surface area contributed by atoms with Crippen LogP contribution in [0.3, 0.4) is 0 Å². The van der Waals surface area contributed by atoms with Crippen molar-refractivity contribution in [3.8, 4) is 11.5 Å². The molecule has 0 aliphatic rings. The van der Waals surface area contributed by atoms with Gasteiger partial charge in [-0.1, -0.05) is 24.3 Å². The molecule has 1 heterocycles. The minimum Gasteiger partial charge on any atom is -0.493 e. The Morgan fingerprint density at radius 1 is 1.14 bits per heavy atom. The molecule has 0 spiro atoms. The van der Waals surface area contributed by atoms with E-state index in [0.717, 1.165) is 23.5 Å². The van der Waals surface area contributed by atoms with Crippen LogP contribution in [0.2, 0.25) is 0 Å². The lowest BCUT2D eigenvalue weighted by Gasteiger charge is -2.13. The number of hydrogen-bond acceptors (Lipinski definition) is 4. The summed E-state index contributed by atoms with van der Waals surface area (Å²) in [5, 5.41) is 5.71. The quantitative estimate of drug-likeness (QED) is 0.606. The van der Waals surface area contributed by atoms with Crippen molar-refractivity contribution < 1.29 is 14.3 Å². The number of carbonyl (C=O) groups is 1. The molecular formula is C22H26N4O3. The maximum absolute atomic E-state index is 12.3. The number of anilines is 1. The number of aryl methyl sites for hydroxylation is 1. The largest absolute Gasteiger partial charge is 0.493 e. The Bertz CT molecular complexity index is 968. The Morgan fingerprint density at radius 3 is 2.69 bits per heavy atom. The molecule has 0 saturated carbocycles. The van der Waals surface area contributed by atoms with Crippen molar-refractivity contribution in [3.63, 3.8) is 0 Å². The molecule has 7 nitrogen and oxygen atoms in total. The number of methoxy groups -OCH3 is 1. The molecule has 0 unspecified atom stereocenters. The Kier molecular flexibility index (Phi) is 6.73. The smallest absolute Gasteiger partial charge is 0.319 e. The van der Waals surface area contributed by atoms with Crippen molar-refractivity contribution >= 4 is 11.7 Å². The molecule has 0 fully saturated rings. The summed E-state index contributed by atoms with van der Waals surface area (Å²) in [4.78, 5) is 16.5. The summed E-state index contributed by atoms with van der Waals surface area (Å²) in [6.07, 6.45) is 3.75. The van der Waals surface area contributed by atoms with Gasteiger partial charge in [0.1, 0.15) is 5.82 Å². The summed E-state index contributed by atoms with van der Waals surface area (Å²) in [6.45, 7) is 5.57. The Labute approximate surface area is 170 Å². The normalized spacial score (nSPS) is 10.4. The van der Waals surface area contributed by atoms with Crippen LogP contribution in [-0.2, 0) is 13.1 Å². The summed E-state index contributed by atoms with van der Waals surface area (Å²) in [7, 11) is 1.58. The monoisotopic (exact) mass is 394 g/mol. The number of aromatic nitrogens is 2. The Hall–Kier alpha value is -3.48. The number of hydrogen-bond donors (Lipinski definition) is 2. The van der Waals surface area contributed by atoms with Crippen molar-refractivity contribution in [1.29, 1.82) is 0 Å². The fourth-order valence-electron chi connectivity index (χ4n) is 2.99. The van der Waals surface area contributed by atoms with Crippen LogP contribution in [0.15, 0.2) is 54.9 Å². The highest BCUT2D eigenvalue weighted by Gasteiger charge is 2.08. The maximum atomic E-state index is 12.3. The van der Waals surface area contributed by atoms with E-state index in [1.54, 1.807) is 31.5 Å². The standard InChI is InChI=1S/C22H26N4O3/c1-4-29-21-13-19(8-9-20(21)28-3)25-22(27)24-14-17-6-5-7-18(12-17)15-26-11-10-23-16(26)2/h5-13H,4,14-15H2,1-3H3,(H2,24,25,27). The number of rotatable bonds is 8. The molecule has 7 heteroatoms. The van der Waals surface area contributed by atoms with Gasteiger partial charge in [0.25, 0.3) is 0 Å². The van der Waals surface area contributed by atoms with E-state index in [2.05, 4.69) is 32.3 Å². The minimum absolute atomic E-state index is 0.284. The highest BCUT2D eigenvalue weighted by Crippen LogP contribution is 2.30. The number of ether oxygens (including phenoxy) is 2. The third-order valence-electron chi connectivity index (χ3n) is 4.44. The number of imidazole rings is 1. The van der Waals surface area contributed by atoms with Crippen LogP contribution in [0.1, 0.15) is 23.9 Å². The lowest BCUT2D eigenvalue weighted by Crippen LogP contribution is -2.28. The zero-order valence-electron chi connectivity index (χ0n) is 16.9. The predicted octanol–water partition coefficient (Wildman–Crippen LogP) is 3.97. The van der Waals surface area contributed by atoms with Crippen LogP contribution in [0.5, 0.6) is 11.5 Å². The van der Waals surface area contributed by atoms with Gasteiger partial charge in [-0.05, 0) is 37.1 Å². The molecule has 0 bridgehead atoms. The highest BCUT2D eigenvalue weighted by atomic mass is 16.5. The maximum Gasteiger partial charge on any atom is 0.319 e. The van der Waals surface area contributed by atoms with Crippen LogP contribution in [0.25, 0.3) is 0 Å². The van der Waals surface area contributed by atoms with Gasteiger partial charge < -0.3 is 24.7 Å². The lowest BCUT2D eigenvalue weighted by atomic mass is 10.1. The third kappa shape index (κ3) is 5.51. The molecular weight excluding hydrogens is 368 g/mol. The first-order valence-electron chi connectivity index (χ1n) is 9.50. The van der Waals surface area contributed by atoms with E-state index in [9.17, 15) is 4.79 Å². The predicted molar refractivity (Wildman–Crippen MR) is 113 cm³/mol. The fraction of sp³-hybridized carbons (Fsp3) is 0.273. The van der Waals surface area contributed by atoms with Gasteiger partial charge in [0, 0.05) is 37.2 Å². The number of urea groups is 1. The van der Waals surface area contributed by atoms with Crippen molar-refractivity contribution in [2.75, 3.05) is 19.0 Å². The highest BCUT2D eigenvalue weighted by molar-refractivity contribution is 5.89. The zero-order valence-corrected chi connectivity index (χ0v) is 16.9. The SMILES string of the molecule is CCOc1cc(NC(=O)NCc2cccc(Cn3ccnc3C)c2)ccc1OC. The third-order valence-corrected chi connectivity index (χ3v) is 4.44. The Morgan fingerprint density at radius 2 is 1.97 bits per heavy atom. The molecule has 1 aromatic heterocycles. The van der Waals surface area contributed by atoms with E-state index >= 15 is 0 Å². The molecule has 0 atom stereocenters. The van der Waals surface area contributed by atoms with Gasteiger partial charge in [-0.15, -0.1) is 0 Å². The second kappa shape index (κ2) is 9.64. The molecule has 29 heavy (non-hydrogen) atoms. The number of amides is 2. The van der Waals surface area contributed by atoms with E-state index < -0.39 is 0 Å². The van der Waals surface area contributed by atoms with Gasteiger partial charge in [-0.25, -0.2) is 9.78 Å². The molecule has 152 valence electrons. The van der Waals surface area contributed by atoms with Crippen molar-refractivity contribution in [2.24, 2.45) is 0 Å². The molecule has 3 aromatic rings. The molecule has 0 radical (unpaired) electrons. The summed E-state index contributed by atoms with van der Waals surface area (Å²) in [6, 6.07) is 13.1. The summed E-state index contributed by atoms with van der Waals surface area (Å²) in [5.41, 5.74) is 2.82. The van der Waals surface area contributed by atoms with Gasteiger partial charge in [0.05, 0.1) is 13.7 Å². The zero-order chi connectivity index (χ0) is 20.6. The van der Waals surface area contributed by atoms with Gasteiger partial charge in [0.2, 0.25) is 0 Å². The number of benzene rings is 2. The fourth-order valence-corrected chi connectivity index (χ4v) is 2.99. The minimum atomic E-state index is -0.284. The van der Waals surface area contributed by atoms with Gasteiger partial charge in [-0.2, -0.15) is 0 Å². The second-order valence-corrected chi connectivity index (χ2v) is 6.53. The first-order chi connectivity index (χ1) is 14.1. The summed E-state index contributed by atoms with van der Waals surface area (Å²) < 4.78 is 12.9. The van der Waals surface area contributed by atoms with E-state index in [1.807, 2.05) is 32.2 Å². The first kappa shape index (κ1) is 20.3. The van der Waals surface area contributed by atoms with E-state index in [1.165, 1.54) is 0 Å². The molecule has 3 rings (SSSR count). The van der Waals surface area contributed by atoms with Gasteiger partial charge in [-0.3, -0.25) is 0 Å². The molecule has 0 saturated heterocycles. The summed E-state index contributed by atoms with van der Waals surface area (Å²) in [5.74, 6) is 2.19. The second-order valence-electron chi connectivity index (χ2n) is 6.53. The first-order valence-corrected chi connectivity index (χ1v) is 9.50. The lowest BCUT2D eigenvalue weighted by molar-refractivity contribution is 0.251. The molecule has 0 aliphatic carbocycles.